The first-order valence-corrected chi connectivity index (χ1v) is 6.44. The maximum absolute atomic E-state index is 11.8. The van der Waals surface area contributed by atoms with Gasteiger partial charge in [-0.25, -0.2) is 4.98 Å². The molecule has 1 aliphatic rings. The van der Waals surface area contributed by atoms with E-state index < -0.39 is 0 Å². The number of ether oxygens (including phenoxy) is 1. The average Bonchev–Trinajstić information content (AvgIpc) is 2.39. The van der Waals surface area contributed by atoms with Crippen LogP contribution in [0, 0.1) is 0 Å². The molecule has 6 heteroatoms. The number of carbonyl (C=O) groups excluding carboxylic acids is 1. The number of carbonyl (C=O) groups is 1. The Morgan fingerprint density at radius 3 is 2.88 bits per heavy atom. The predicted octanol–water partition coefficient (Wildman–Crippen LogP) is 0.615. The van der Waals surface area contributed by atoms with E-state index in [9.17, 15) is 4.79 Å². The molecule has 0 spiro atoms. The van der Waals surface area contributed by atoms with E-state index in [-0.39, 0.29) is 5.91 Å². The van der Waals surface area contributed by atoms with Crippen LogP contribution in [0.1, 0.15) is 0 Å². The van der Waals surface area contributed by atoms with Crippen LogP contribution in [0.4, 0.5) is 5.69 Å². The van der Waals surface area contributed by atoms with Crippen molar-refractivity contribution >= 4 is 23.4 Å². The fourth-order valence-corrected chi connectivity index (χ4v) is 2.26. The molecule has 1 amide bonds. The van der Waals surface area contributed by atoms with E-state index in [2.05, 4.69) is 4.98 Å². The minimum absolute atomic E-state index is 0.136. The van der Waals surface area contributed by atoms with Gasteiger partial charge in [0.1, 0.15) is 0 Å². The highest BCUT2D eigenvalue weighted by Gasteiger charge is 2.16. The minimum atomic E-state index is 0.136. The molecule has 1 aliphatic heterocycles. The molecule has 0 radical (unpaired) electrons. The van der Waals surface area contributed by atoms with Gasteiger partial charge in [0, 0.05) is 13.1 Å². The number of nitrogens with two attached hydrogens (primary N) is 1. The number of aromatic nitrogens is 1. The maximum Gasteiger partial charge on any atom is 0.233 e. The van der Waals surface area contributed by atoms with E-state index in [1.165, 1.54) is 11.8 Å². The molecule has 1 fully saturated rings. The van der Waals surface area contributed by atoms with Crippen LogP contribution in [0.15, 0.2) is 23.4 Å². The number of anilines is 1. The second-order valence-corrected chi connectivity index (χ2v) is 4.71. The van der Waals surface area contributed by atoms with E-state index in [1.807, 2.05) is 11.0 Å². The van der Waals surface area contributed by atoms with Crippen LogP contribution in [-0.2, 0) is 9.53 Å². The van der Waals surface area contributed by atoms with Gasteiger partial charge in [-0.1, -0.05) is 11.8 Å². The molecule has 92 valence electrons. The Hall–Kier alpha value is -1.27. The molecule has 2 heterocycles. The molecule has 2 N–H and O–H groups in total. The molecule has 0 saturated carbocycles. The zero-order valence-corrected chi connectivity index (χ0v) is 10.3. The fraction of sp³-hybridized carbons (Fsp3) is 0.455. The summed E-state index contributed by atoms with van der Waals surface area (Å²) in [5, 5.41) is 0.820. The largest absolute Gasteiger partial charge is 0.397 e. The average molecular weight is 253 g/mol. The van der Waals surface area contributed by atoms with Gasteiger partial charge in [0.2, 0.25) is 5.91 Å². The van der Waals surface area contributed by atoms with Crippen LogP contribution >= 0.6 is 11.8 Å². The molecule has 17 heavy (non-hydrogen) atoms. The summed E-state index contributed by atoms with van der Waals surface area (Å²) in [6.07, 6.45) is 1.60. The quantitative estimate of drug-likeness (QED) is 0.800. The third kappa shape index (κ3) is 3.61. The van der Waals surface area contributed by atoms with Crippen LogP contribution in [0.2, 0.25) is 0 Å². The lowest BCUT2D eigenvalue weighted by Crippen LogP contribution is -2.41. The summed E-state index contributed by atoms with van der Waals surface area (Å²) in [4.78, 5) is 17.8. The molecule has 0 unspecified atom stereocenters. The van der Waals surface area contributed by atoms with Crippen molar-refractivity contribution in [3.63, 3.8) is 0 Å². The van der Waals surface area contributed by atoms with E-state index in [0.29, 0.717) is 37.7 Å². The number of hydrogen-bond donors (Lipinski definition) is 1. The second kappa shape index (κ2) is 5.88. The van der Waals surface area contributed by atoms with Gasteiger partial charge in [0.15, 0.2) is 0 Å². The fourth-order valence-electron chi connectivity index (χ4n) is 1.52. The van der Waals surface area contributed by atoms with Crippen molar-refractivity contribution in [2.75, 3.05) is 37.8 Å². The Balaban J connectivity index is 1.81. The molecule has 0 bridgehead atoms. The van der Waals surface area contributed by atoms with Gasteiger partial charge in [-0.3, -0.25) is 4.79 Å². The molecule has 1 saturated heterocycles. The highest BCUT2D eigenvalue weighted by Crippen LogP contribution is 2.16. The van der Waals surface area contributed by atoms with Gasteiger partial charge >= 0.3 is 0 Å². The topological polar surface area (TPSA) is 68.5 Å². The Bertz CT molecular complexity index is 377. The summed E-state index contributed by atoms with van der Waals surface area (Å²) < 4.78 is 5.20. The highest BCUT2D eigenvalue weighted by molar-refractivity contribution is 7.99. The van der Waals surface area contributed by atoms with Gasteiger partial charge in [-0.2, -0.15) is 0 Å². The Kier molecular flexibility index (Phi) is 4.22. The van der Waals surface area contributed by atoms with Crippen molar-refractivity contribution < 1.29 is 9.53 Å². The maximum atomic E-state index is 11.8. The van der Waals surface area contributed by atoms with Crippen LogP contribution in [0.5, 0.6) is 0 Å². The standard InChI is InChI=1S/C11H15N3O2S/c12-9-1-2-10(13-7-9)17-8-11(15)14-3-5-16-6-4-14/h1-2,7H,3-6,8,12H2. The van der Waals surface area contributed by atoms with Crippen LogP contribution < -0.4 is 5.73 Å². The number of nitrogens with zero attached hydrogens (tertiary/aromatic N) is 2. The minimum Gasteiger partial charge on any atom is -0.397 e. The molecule has 2 rings (SSSR count). The van der Waals surface area contributed by atoms with Gasteiger partial charge in [0.05, 0.1) is 35.9 Å². The summed E-state index contributed by atoms with van der Waals surface area (Å²) in [6.45, 7) is 2.65. The SMILES string of the molecule is Nc1ccc(SCC(=O)N2CCOCC2)nc1. The molecule has 0 atom stereocenters. The monoisotopic (exact) mass is 253 g/mol. The molecule has 5 nitrogen and oxygen atoms in total. The van der Waals surface area contributed by atoms with Crippen LogP contribution in [0.3, 0.4) is 0 Å². The molecule has 1 aromatic heterocycles. The second-order valence-electron chi connectivity index (χ2n) is 3.71. The lowest BCUT2D eigenvalue weighted by atomic mass is 10.4. The summed E-state index contributed by atoms with van der Waals surface area (Å²) in [6, 6.07) is 3.61. The summed E-state index contributed by atoms with van der Waals surface area (Å²) in [7, 11) is 0. The van der Waals surface area contributed by atoms with Crippen molar-refractivity contribution in [3.8, 4) is 0 Å². The number of pyridine rings is 1. The van der Waals surface area contributed by atoms with Gasteiger partial charge in [-0.15, -0.1) is 0 Å². The first-order valence-electron chi connectivity index (χ1n) is 5.45. The van der Waals surface area contributed by atoms with Crippen molar-refractivity contribution in [2.45, 2.75) is 5.03 Å². The van der Waals surface area contributed by atoms with Crippen molar-refractivity contribution in [3.05, 3.63) is 18.3 Å². The molecule has 0 aliphatic carbocycles. The van der Waals surface area contributed by atoms with Crippen LogP contribution in [-0.4, -0.2) is 47.8 Å². The smallest absolute Gasteiger partial charge is 0.233 e. The van der Waals surface area contributed by atoms with E-state index in [1.54, 1.807) is 12.3 Å². The zero-order chi connectivity index (χ0) is 12.1. The lowest BCUT2D eigenvalue weighted by Gasteiger charge is -2.26. The summed E-state index contributed by atoms with van der Waals surface area (Å²) >= 11 is 1.43. The first kappa shape index (κ1) is 12.2. The molecular weight excluding hydrogens is 238 g/mol. The number of nitrogen functional groups attached to an aromatic ring is 1. The lowest BCUT2D eigenvalue weighted by molar-refractivity contribution is -0.132. The number of thioether (sulfide) groups is 1. The summed E-state index contributed by atoms with van der Waals surface area (Å²) in [5.74, 6) is 0.550. The third-order valence-electron chi connectivity index (χ3n) is 2.47. The highest BCUT2D eigenvalue weighted by atomic mass is 32.2. The Morgan fingerprint density at radius 2 is 2.24 bits per heavy atom. The molecular formula is C11H15N3O2S. The van der Waals surface area contributed by atoms with Gasteiger partial charge < -0.3 is 15.4 Å². The van der Waals surface area contributed by atoms with E-state index >= 15 is 0 Å². The number of rotatable bonds is 3. The molecule has 1 aromatic rings. The van der Waals surface area contributed by atoms with Gasteiger partial charge in [0.25, 0.3) is 0 Å². The van der Waals surface area contributed by atoms with E-state index in [0.717, 1.165) is 5.03 Å². The van der Waals surface area contributed by atoms with Crippen molar-refractivity contribution in [1.82, 2.24) is 9.88 Å². The van der Waals surface area contributed by atoms with Gasteiger partial charge in [-0.05, 0) is 12.1 Å². The number of morpholine rings is 1. The van der Waals surface area contributed by atoms with Crippen LogP contribution in [0.25, 0.3) is 0 Å². The van der Waals surface area contributed by atoms with E-state index in [4.69, 9.17) is 10.5 Å². The first-order chi connectivity index (χ1) is 8.25. The Morgan fingerprint density at radius 1 is 1.47 bits per heavy atom. The normalized spacial score (nSPS) is 15.9. The van der Waals surface area contributed by atoms with Crippen molar-refractivity contribution in [2.24, 2.45) is 0 Å². The Labute approximate surface area is 104 Å². The zero-order valence-electron chi connectivity index (χ0n) is 9.46. The number of amides is 1. The predicted molar refractivity (Wildman–Crippen MR) is 66.8 cm³/mol. The summed E-state index contributed by atoms with van der Waals surface area (Å²) in [5.41, 5.74) is 6.17. The van der Waals surface area contributed by atoms with Crippen molar-refractivity contribution in [1.29, 1.82) is 0 Å². The third-order valence-corrected chi connectivity index (χ3v) is 3.40. The number of hydrogen-bond acceptors (Lipinski definition) is 5. The molecule has 0 aromatic carbocycles.